The maximum absolute atomic E-state index is 12.7. The molecule has 0 unspecified atom stereocenters. The van der Waals surface area contributed by atoms with Crippen molar-refractivity contribution in [3.63, 3.8) is 0 Å². The first-order chi connectivity index (χ1) is 13.1. The first kappa shape index (κ1) is 21.3. The lowest BCUT2D eigenvalue weighted by atomic mass is 10.1. The van der Waals surface area contributed by atoms with Crippen LogP contribution in [0.3, 0.4) is 0 Å². The normalized spacial score (nSPS) is 11.5. The number of carbonyl (C=O) groups is 3. The first-order valence-electron chi connectivity index (χ1n) is 8.46. The van der Waals surface area contributed by atoms with Crippen LogP contribution in [0.5, 0.6) is 0 Å². The van der Waals surface area contributed by atoms with Gasteiger partial charge < -0.3 is 5.32 Å². The third kappa shape index (κ3) is 5.27. The summed E-state index contributed by atoms with van der Waals surface area (Å²) >= 11 is 0. The Kier molecular flexibility index (Phi) is 6.71. The van der Waals surface area contributed by atoms with Crippen molar-refractivity contribution in [2.75, 3.05) is 13.6 Å². The highest BCUT2D eigenvalue weighted by atomic mass is 32.2. The number of nitrogens with zero attached hydrogens (tertiary/aromatic N) is 1. The van der Waals surface area contributed by atoms with Gasteiger partial charge in [0.25, 0.3) is 5.91 Å². The third-order valence-corrected chi connectivity index (χ3v) is 5.54. The van der Waals surface area contributed by atoms with Crippen molar-refractivity contribution >= 4 is 38.5 Å². The molecule has 0 atom stereocenters. The quantitative estimate of drug-likeness (QED) is 0.481. The molecule has 2 aromatic rings. The van der Waals surface area contributed by atoms with Gasteiger partial charge in [-0.3, -0.25) is 25.2 Å². The lowest BCUT2D eigenvalue weighted by Crippen LogP contribution is -2.51. The fraction of sp³-hybridized carbons (Fsp3) is 0.278. The molecule has 0 saturated heterocycles. The fourth-order valence-corrected chi connectivity index (χ4v) is 3.51. The van der Waals surface area contributed by atoms with Gasteiger partial charge in [-0.15, -0.1) is 0 Å². The highest BCUT2D eigenvalue weighted by molar-refractivity contribution is 7.89. The standard InChI is InChI=1S/C18H22N4O5S/c1-12(2)19-17(24)18(25)21-20-16(23)11-22(3)28(26,27)15-9-8-13-6-4-5-7-14(13)10-15/h4-10,12H,11H2,1-3H3,(H,19,24)(H,20,23)(H,21,25). The zero-order valence-corrected chi connectivity index (χ0v) is 16.5. The van der Waals surface area contributed by atoms with Crippen molar-refractivity contribution in [2.24, 2.45) is 0 Å². The average molecular weight is 406 g/mol. The van der Waals surface area contributed by atoms with Crippen LogP contribution in [0.4, 0.5) is 0 Å². The summed E-state index contributed by atoms with van der Waals surface area (Å²) in [7, 11) is -2.67. The summed E-state index contributed by atoms with van der Waals surface area (Å²) in [5, 5.41) is 4.01. The molecule has 0 bridgehead atoms. The number of amides is 3. The Bertz CT molecular complexity index is 1000. The van der Waals surface area contributed by atoms with E-state index in [1.165, 1.54) is 19.2 Å². The van der Waals surface area contributed by atoms with Crippen LogP contribution in [0.2, 0.25) is 0 Å². The second-order valence-corrected chi connectivity index (χ2v) is 8.45. The topological polar surface area (TPSA) is 125 Å². The summed E-state index contributed by atoms with van der Waals surface area (Å²) in [6, 6.07) is 11.7. The molecule has 0 heterocycles. The number of sulfonamides is 1. The molecule has 0 aliphatic carbocycles. The zero-order valence-electron chi connectivity index (χ0n) is 15.7. The molecule has 0 aliphatic heterocycles. The molecule has 0 aliphatic rings. The molecule has 2 aromatic carbocycles. The Hall–Kier alpha value is -2.98. The predicted molar refractivity (Wildman–Crippen MR) is 103 cm³/mol. The van der Waals surface area contributed by atoms with Gasteiger partial charge in [-0.1, -0.05) is 30.3 Å². The second-order valence-electron chi connectivity index (χ2n) is 6.40. The van der Waals surface area contributed by atoms with E-state index < -0.39 is 34.3 Å². The minimum atomic E-state index is -3.92. The van der Waals surface area contributed by atoms with Crippen molar-refractivity contribution in [3.05, 3.63) is 42.5 Å². The zero-order chi connectivity index (χ0) is 20.9. The van der Waals surface area contributed by atoms with E-state index >= 15 is 0 Å². The van der Waals surface area contributed by atoms with E-state index in [-0.39, 0.29) is 10.9 Å². The molecule has 3 amide bonds. The summed E-state index contributed by atoms with van der Waals surface area (Å²) in [5.41, 5.74) is 3.95. The number of likely N-dealkylation sites (N-methyl/N-ethyl adjacent to an activating group) is 1. The average Bonchev–Trinajstić information content (AvgIpc) is 2.64. The molecule has 0 aromatic heterocycles. The van der Waals surface area contributed by atoms with Crippen LogP contribution in [0.25, 0.3) is 10.8 Å². The second kappa shape index (κ2) is 8.81. The lowest BCUT2D eigenvalue weighted by Gasteiger charge is -2.17. The number of hydrogen-bond acceptors (Lipinski definition) is 5. The van der Waals surface area contributed by atoms with E-state index in [9.17, 15) is 22.8 Å². The Labute approximate surface area is 163 Å². The van der Waals surface area contributed by atoms with Crippen LogP contribution in [-0.2, 0) is 24.4 Å². The van der Waals surface area contributed by atoms with Gasteiger partial charge in [-0.2, -0.15) is 4.31 Å². The number of benzene rings is 2. The van der Waals surface area contributed by atoms with Gasteiger partial charge in [0.1, 0.15) is 0 Å². The van der Waals surface area contributed by atoms with Crippen LogP contribution in [0.15, 0.2) is 47.4 Å². The largest absolute Gasteiger partial charge is 0.346 e. The monoisotopic (exact) mass is 406 g/mol. The molecule has 2 rings (SSSR count). The molecule has 0 spiro atoms. The minimum Gasteiger partial charge on any atom is -0.346 e. The molecule has 0 radical (unpaired) electrons. The van der Waals surface area contributed by atoms with E-state index in [0.717, 1.165) is 15.1 Å². The summed E-state index contributed by atoms with van der Waals surface area (Å²) in [6.45, 7) is 2.81. The van der Waals surface area contributed by atoms with Crippen molar-refractivity contribution in [2.45, 2.75) is 24.8 Å². The highest BCUT2D eigenvalue weighted by Crippen LogP contribution is 2.21. The molecule has 0 saturated carbocycles. The van der Waals surface area contributed by atoms with Crippen molar-refractivity contribution in [3.8, 4) is 0 Å². The van der Waals surface area contributed by atoms with Gasteiger partial charge in [0.05, 0.1) is 11.4 Å². The Morgan fingerprint density at radius 2 is 1.61 bits per heavy atom. The summed E-state index contributed by atoms with van der Waals surface area (Å²) in [4.78, 5) is 35.0. The maximum atomic E-state index is 12.7. The lowest BCUT2D eigenvalue weighted by molar-refractivity contribution is -0.141. The van der Waals surface area contributed by atoms with E-state index in [0.29, 0.717) is 0 Å². The van der Waals surface area contributed by atoms with Crippen LogP contribution < -0.4 is 16.2 Å². The fourth-order valence-electron chi connectivity index (χ4n) is 2.35. The van der Waals surface area contributed by atoms with Gasteiger partial charge in [-0.25, -0.2) is 8.42 Å². The summed E-state index contributed by atoms with van der Waals surface area (Å²) in [6.07, 6.45) is 0. The van der Waals surface area contributed by atoms with Crippen LogP contribution in [0, 0.1) is 0 Å². The number of hydrogen-bond donors (Lipinski definition) is 3. The molecule has 150 valence electrons. The predicted octanol–water partition coefficient (Wildman–Crippen LogP) is 0.132. The van der Waals surface area contributed by atoms with Gasteiger partial charge in [-0.05, 0) is 36.8 Å². The SMILES string of the molecule is CC(C)NC(=O)C(=O)NNC(=O)CN(C)S(=O)(=O)c1ccc2ccccc2c1. The number of nitrogens with one attached hydrogen (secondary N) is 3. The molecule has 28 heavy (non-hydrogen) atoms. The molecule has 9 nitrogen and oxygen atoms in total. The Balaban J connectivity index is 2.00. The number of fused-ring (bicyclic) bond motifs is 1. The number of carbonyl (C=O) groups excluding carboxylic acids is 3. The van der Waals surface area contributed by atoms with Crippen molar-refractivity contribution in [1.29, 1.82) is 0 Å². The van der Waals surface area contributed by atoms with Gasteiger partial charge in [0.15, 0.2) is 0 Å². The molecular weight excluding hydrogens is 384 g/mol. The van der Waals surface area contributed by atoms with Crippen LogP contribution in [0.1, 0.15) is 13.8 Å². The van der Waals surface area contributed by atoms with Gasteiger partial charge in [0.2, 0.25) is 10.0 Å². The van der Waals surface area contributed by atoms with Crippen molar-refractivity contribution in [1.82, 2.24) is 20.5 Å². The molecule has 0 fully saturated rings. The van der Waals surface area contributed by atoms with E-state index in [1.54, 1.807) is 32.0 Å². The van der Waals surface area contributed by atoms with Crippen molar-refractivity contribution < 1.29 is 22.8 Å². The Morgan fingerprint density at radius 1 is 0.964 bits per heavy atom. The highest BCUT2D eigenvalue weighted by Gasteiger charge is 2.24. The van der Waals surface area contributed by atoms with E-state index in [1.807, 2.05) is 23.0 Å². The first-order valence-corrected chi connectivity index (χ1v) is 9.90. The Morgan fingerprint density at radius 3 is 2.25 bits per heavy atom. The van der Waals surface area contributed by atoms with E-state index in [2.05, 4.69) is 5.32 Å². The molecule has 3 N–H and O–H groups in total. The van der Waals surface area contributed by atoms with Gasteiger partial charge >= 0.3 is 11.8 Å². The van der Waals surface area contributed by atoms with Crippen LogP contribution in [-0.4, -0.2) is 50.1 Å². The molecular formula is C18H22N4O5S. The number of rotatable bonds is 5. The maximum Gasteiger partial charge on any atom is 0.327 e. The summed E-state index contributed by atoms with van der Waals surface area (Å²) in [5.74, 6) is -2.76. The van der Waals surface area contributed by atoms with Gasteiger partial charge in [0, 0.05) is 13.1 Å². The van der Waals surface area contributed by atoms with E-state index in [4.69, 9.17) is 0 Å². The third-order valence-electron chi connectivity index (χ3n) is 3.74. The van der Waals surface area contributed by atoms with Crippen LogP contribution >= 0.6 is 0 Å². The smallest absolute Gasteiger partial charge is 0.327 e. The number of hydrazine groups is 1. The summed E-state index contributed by atoms with van der Waals surface area (Å²) < 4.78 is 26.2. The molecule has 10 heteroatoms. The minimum absolute atomic E-state index is 0.0434.